The van der Waals surface area contributed by atoms with Gasteiger partial charge in [-0.25, -0.2) is 0 Å². The molecule has 0 aromatic heterocycles. The number of nitrogens with zero attached hydrogens (tertiary/aromatic N) is 2. The van der Waals surface area contributed by atoms with E-state index < -0.39 is 17.7 Å². The smallest absolute Gasteiger partial charge is 0.295 e. The molecule has 1 fully saturated rings. The van der Waals surface area contributed by atoms with E-state index in [1.54, 1.807) is 30.2 Å². The Morgan fingerprint density at radius 1 is 1.15 bits per heavy atom. The number of likely N-dealkylation sites (tertiary alicyclic amines) is 1. The number of amides is 1. The predicted octanol–water partition coefficient (Wildman–Crippen LogP) is 3.78. The number of Topliss-reactive ketones (excluding diaryl/α,β-unsaturated/α-hetero) is 1. The second kappa shape index (κ2) is 9.89. The fourth-order valence-corrected chi connectivity index (χ4v) is 4.76. The van der Waals surface area contributed by atoms with Gasteiger partial charge in [-0.3, -0.25) is 9.59 Å². The highest BCUT2D eigenvalue weighted by Crippen LogP contribution is 2.40. The largest absolute Gasteiger partial charge is 0.507 e. The molecule has 34 heavy (non-hydrogen) atoms. The monoisotopic (exact) mass is 464 g/mol. The molecule has 2 atom stereocenters. The summed E-state index contributed by atoms with van der Waals surface area (Å²) in [5.41, 5.74) is 2.35. The number of rotatable bonds is 8. The van der Waals surface area contributed by atoms with Gasteiger partial charge in [0.05, 0.1) is 18.7 Å². The number of aliphatic hydroxyl groups is 1. The van der Waals surface area contributed by atoms with E-state index in [4.69, 9.17) is 9.47 Å². The number of benzene rings is 2. The van der Waals surface area contributed by atoms with Crippen LogP contribution >= 0.6 is 0 Å². The van der Waals surface area contributed by atoms with Crippen LogP contribution in [0.2, 0.25) is 0 Å². The fraction of sp³-hybridized carbons (Fsp3) is 0.407. The Hall–Kier alpha value is -3.32. The van der Waals surface area contributed by atoms with Gasteiger partial charge in [0.2, 0.25) is 0 Å². The first-order valence-corrected chi connectivity index (χ1v) is 11.8. The molecule has 1 saturated heterocycles. The van der Waals surface area contributed by atoms with Crippen molar-refractivity contribution in [1.29, 1.82) is 0 Å². The first kappa shape index (κ1) is 23.8. The van der Waals surface area contributed by atoms with Crippen LogP contribution in [0.4, 0.5) is 0 Å². The van der Waals surface area contributed by atoms with Gasteiger partial charge in [-0.05, 0) is 61.5 Å². The van der Waals surface area contributed by atoms with Gasteiger partial charge in [0.25, 0.3) is 11.7 Å². The lowest BCUT2D eigenvalue weighted by Crippen LogP contribution is -2.38. The van der Waals surface area contributed by atoms with Crippen LogP contribution in [0.25, 0.3) is 5.76 Å². The Balaban J connectivity index is 1.77. The van der Waals surface area contributed by atoms with Crippen molar-refractivity contribution < 1.29 is 24.2 Å². The van der Waals surface area contributed by atoms with E-state index in [1.807, 2.05) is 31.2 Å². The predicted molar refractivity (Wildman–Crippen MR) is 130 cm³/mol. The van der Waals surface area contributed by atoms with E-state index >= 15 is 0 Å². The third-order valence-corrected chi connectivity index (χ3v) is 6.69. The minimum absolute atomic E-state index is 0.0670. The Labute approximate surface area is 200 Å². The lowest BCUT2D eigenvalue weighted by atomic mass is 9.94. The zero-order valence-electron chi connectivity index (χ0n) is 20.2. The van der Waals surface area contributed by atoms with E-state index in [0.717, 1.165) is 36.4 Å². The number of carbonyl (C=O) groups excluding carboxylic acids is 2. The van der Waals surface area contributed by atoms with Gasteiger partial charge < -0.3 is 24.4 Å². The number of methoxy groups -OCH3 is 1. The molecule has 0 unspecified atom stereocenters. The maximum atomic E-state index is 13.2. The van der Waals surface area contributed by atoms with Crippen LogP contribution in [-0.2, 0) is 16.0 Å². The van der Waals surface area contributed by atoms with Gasteiger partial charge in [-0.1, -0.05) is 26.0 Å². The Kier molecular flexibility index (Phi) is 6.93. The maximum absolute atomic E-state index is 13.2. The van der Waals surface area contributed by atoms with Crippen LogP contribution in [0.3, 0.4) is 0 Å². The first-order valence-electron chi connectivity index (χ1n) is 11.8. The minimum Gasteiger partial charge on any atom is -0.507 e. The Bertz CT molecular complexity index is 1100. The molecule has 2 aromatic carbocycles. The molecular formula is C27H32N2O5. The third-order valence-electron chi connectivity index (χ3n) is 6.69. The number of carbonyl (C=O) groups is 2. The lowest BCUT2D eigenvalue weighted by Gasteiger charge is -2.28. The summed E-state index contributed by atoms with van der Waals surface area (Å²) in [5, 5.41) is 11.3. The maximum Gasteiger partial charge on any atom is 0.295 e. The summed E-state index contributed by atoms with van der Waals surface area (Å²) in [7, 11) is 1.59. The molecule has 7 heteroatoms. The molecule has 1 N–H and O–H groups in total. The number of hydrogen-bond acceptors (Lipinski definition) is 6. The first-order chi connectivity index (χ1) is 16.4. The van der Waals surface area contributed by atoms with Crippen LogP contribution in [0, 0.1) is 0 Å². The average Bonchev–Trinajstić information content (AvgIpc) is 3.35. The summed E-state index contributed by atoms with van der Waals surface area (Å²) in [6, 6.07) is 12.0. The average molecular weight is 465 g/mol. The highest BCUT2D eigenvalue weighted by Gasteiger charge is 2.46. The van der Waals surface area contributed by atoms with Crippen LogP contribution in [0.1, 0.15) is 43.5 Å². The van der Waals surface area contributed by atoms with Crippen molar-refractivity contribution in [3.05, 3.63) is 64.7 Å². The molecule has 2 heterocycles. The van der Waals surface area contributed by atoms with Crippen LogP contribution in [0.15, 0.2) is 48.0 Å². The summed E-state index contributed by atoms with van der Waals surface area (Å²) in [5.74, 6) is 0.0505. The van der Waals surface area contributed by atoms with Crippen molar-refractivity contribution in [2.24, 2.45) is 0 Å². The second-order valence-electron chi connectivity index (χ2n) is 8.75. The summed E-state index contributed by atoms with van der Waals surface area (Å²) in [6.07, 6.45) is 0.800. The summed E-state index contributed by atoms with van der Waals surface area (Å²) >= 11 is 0. The normalized spacial score (nSPS) is 21.1. The van der Waals surface area contributed by atoms with Crippen molar-refractivity contribution in [1.82, 2.24) is 9.80 Å². The topological polar surface area (TPSA) is 79.3 Å². The molecule has 4 rings (SSSR count). The van der Waals surface area contributed by atoms with Crippen LogP contribution in [-0.4, -0.2) is 66.0 Å². The van der Waals surface area contributed by atoms with Crippen LogP contribution < -0.4 is 9.47 Å². The summed E-state index contributed by atoms with van der Waals surface area (Å²) in [6.45, 7) is 8.85. The van der Waals surface area contributed by atoms with Crippen molar-refractivity contribution in [2.45, 2.75) is 39.3 Å². The van der Waals surface area contributed by atoms with Gasteiger partial charge in [0.15, 0.2) is 0 Å². The number of fused-ring (bicyclic) bond motifs is 1. The number of aliphatic hydroxyl groups excluding tert-OH is 1. The number of likely N-dealkylation sites (N-methyl/N-ethyl adjacent to an activating group) is 1. The third kappa shape index (κ3) is 4.40. The van der Waals surface area contributed by atoms with E-state index in [-0.39, 0.29) is 17.4 Å². The molecule has 2 aromatic rings. The van der Waals surface area contributed by atoms with Crippen molar-refractivity contribution in [3.8, 4) is 11.5 Å². The summed E-state index contributed by atoms with van der Waals surface area (Å²) in [4.78, 5) is 30.2. The second-order valence-corrected chi connectivity index (χ2v) is 8.75. The molecule has 0 aliphatic carbocycles. The molecule has 1 amide bonds. The zero-order chi connectivity index (χ0) is 24.4. The fourth-order valence-electron chi connectivity index (χ4n) is 4.76. The van der Waals surface area contributed by atoms with E-state index in [1.165, 1.54) is 0 Å². The van der Waals surface area contributed by atoms with E-state index in [0.29, 0.717) is 24.4 Å². The molecule has 180 valence electrons. The highest BCUT2D eigenvalue weighted by atomic mass is 16.5. The zero-order valence-corrected chi connectivity index (χ0v) is 20.2. The quantitative estimate of drug-likeness (QED) is 0.364. The van der Waals surface area contributed by atoms with Crippen molar-refractivity contribution >= 4 is 17.4 Å². The molecule has 0 spiro atoms. The molecule has 2 aliphatic heterocycles. The minimum atomic E-state index is -0.676. The van der Waals surface area contributed by atoms with Gasteiger partial charge in [-0.15, -0.1) is 0 Å². The van der Waals surface area contributed by atoms with E-state index in [2.05, 4.69) is 18.7 Å². The van der Waals surface area contributed by atoms with Gasteiger partial charge in [0.1, 0.15) is 23.4 Å². The Morgan fingerprint density at radius 2 is 1.85 bits per heavy atom. The van der Waals surface area contributed by atoms with Gasteiger partial charge in [0, 0.05) is 25.1 Å². The van der Waals surface area contributed by atoms with E-state index in [9.17, 15) is 14.7 Å². The molecule has 2 aliphatic rings. The molecule has 0 radical (unpaired) electrons. The van der Waals surface area contributed by atoms with Gasteiger partial charge in [-0.2, -0.15) is 0 Å². The number of ketones is 1. The van der Waals surface area contributed by atoms with Gasteiger partial charge >= 0.3 is 0 Å². The number of ether oxygens (including phenoxy) is 2. The van der Waals surface area contributed by atoms with Crippen molar-refractivity contribution in [2.75, 3.05) is 33.3 Å². The standard InChI is InChI=1S/C27H32N2O5/c1-5-28(6-2)13-14-29-24(18-7-10-21(33-4)11-8-18)23(26(31)27(29)32)25(30)19-9-12-22-20(16-19)15-17(3)34-22/h7-12,16-17,24,30H,5-6,13-15H2,1-4H3/b25-23+/t17-,24-/m1/s1. The molecule has 0 saturated carbocycles. The van der Waals surface area contributed by atoms with Crippen LogP contribution in [0.5, 0.6) is 11.5 Å². The molecular weight excluding hydrogens is 432 g/mol. The summed E-state index contributed by atoms with van der Waals surface area (Å²) < 4.78 is 11.0. The van der Waals surface area contributed by atoms with Crippen molar-refractivity contribution in [3.63, 3.8) is 0 Å². The lowest BCUT2D eigenvalue weighted by molar-refractivity contribution is -0.140. The number of hydrogen-bond donors (Lipinski definition) is 1. The Morgan fingerprint density at radius 3 is 2.50 bits per heavy atom. The molecule has 7 nitrogen and oxygen atoms in total. The SMILES string of the molecule is CCN(CC)CCN1C(=O)C(=O)/C(=C(/O)c2ccc3c(c2)C[C@@H](C)O3)[C@H]1c1ccc(OC)cc1. The molecule has 0 bridgehead atoms. The highest BCUT2D eigenvalue weighted by molar-refractivity contribution is 6.46.